The lowest BCUT2D eigenvalue weighted by Crippen LogP contribution is -2.17. The number of non-ortho nitro benzene ring substituents is 1. The number of nitro groups is 1. The summed E-state index contributed by atoms with van der Waals surface area (Å²) in [6.45, 7) is 1.02. The van der Waals surface area contributed by atoms with Crippen LogP contribution in [0.25, 0.3) is 10.9 Å². The predicted octanol–water partition coefficient (Wildman–Crippen LogP) is 2.72. The Hall–Kier alpha value is -2.21. The van der Waals surface area contributed by atoms with Crippen molar-refractivity contribution in [1.82, 2.24) is 4.98 Å². The number of rotatable bonds is 6. The molecule has 1 saturated carbocycles. The van der Waals surface area contributed by atoms with E-state index in [1.165, 1.54) is 12.1 Å². The van der Waals surface area contributed by atoms with Crippen molar-refractivity contribution in [1.29, 1.82) is 0 Å². The lowest BCUT2D eigenvalue weighted by atomic mass is 10.0. The third-order valence-corrected chi connectivity index (χ3v) is 4.13. The van der Waals surface area contributed by atoms with Gasteiger partial charge in [0.2, 0.25) is 0 Å². The fourth-order valence-electron chi connectivity index (χ4n) is 2.53. The van der Waals surface area contributed by atoms with Crippen LogP contribution in [0.4, 0.5) is 11.5 Å². The predicted molar refractivity (Wildman–Crippen MR) is 80.3 cm³/mol. The maximum absolute atomic E-state index is 10.7. The van der Waals surface area contributed by atoms with Gasteiger partial charge in [-0.25, -0.2) is 4.98 Å². The molecule has 1 aliphatic rings. The number of aromatic nitrogens is 1. The van der Waals surface area contributed by atoms with E-state index in [1.807, 2.05) is 12.1 Å². The number of anilines is 1. The van der Waals surface area contributed by atoms with Crippen LogP contribution in [0, 0.1) is 15.5 Å². The number of hydrogen-bond acceptors (Lipinski definition) is 5. The standard InChI is InChI=1S/C15H17N3O3/c19-8-7-15(5-6-15)10-16-14-4-1-11-9-12(18(20)21)2-3-13(11)17-14/h1-4,9,19H,5-8,10H2,(H,16,17). The molecular weight excluding hydrogens is 270 g/mol. The Kier molecular flexibility index (Phi) is 3.47. The molecule has 3 rings (SSSR count). The molecule has 1 heterocycles. The van der Waals surface area contributed by atoms with E-state index in [-0.39, 0.29) is 17.7 Å². The third kappa shape index (κ3) is 2.95. The minimum atomic E-state index is -0.405. The second-order valence-electron chi connectivity index (χ2n) is 5.66. The fraction of sp³-hybridized carbons (Fsp3) is 0.400. The monoisotopic (exact) mass is 287 g/mol. The van der Waals surface area contributed by atoms with Gasteiger partial charge in [-0.3, -0.25) is 10.1 Å². The molecule has 1 fully saturated rings. The van der Waals surface area contributed by atoms with Crippen LogP contribution in [-0.2, 0) is 0 Å². The summed E-state index contributed by atoms with van der Waals surface area (Å²) in [6, 6.07) is 8.33. The van der Waals surface area contributed by atoms with Crippen LogP contribution in [0.15, 0.2) is 30.3 Å². The molecule has 0 aliphatic heterocycles. The van der Waals surface area contributed by atoms with Crippen molar-refractivity contribution in [3.05, 3.63) is 40.4 Å². The van der Waals surface area contributed by atoms with Crippen LogP contribution >= 0.6 is 0 Å². The molecule has 21 heavy (non-hydrogen) atoms. The second-order valence-corrected chi connectivity index (χ2v) is 5.66. The van der Waals surface area contributed by atoms with Gasteiger partial charge in [-0.15, -0.1) is 0 Å². The van der Waals surface area contributed by atoms with Crippen molar-refractivity contribution >= 4 is 22.4 Å². The smallest absolute Gasteiger partial charge is 0.270 e. The molecule has 1 aromatic heterocycles. The highest BCUT2D eigenvalue weighted by Gasteiger charge is 2.41. The number of hydrogen-bond donors (Lipinski definition) is 2. The van der Waals surface area contributed by atoms with Gasteiger partial charge in [0.25, 0.3) is 5.69 Å². The van der Waals surface area contributed by atoms with Gasteiger partial charge in [0.05, 0.1) is 10.4 Å². The number of pyridine rings is 1. The van der Waals surface area contributed by atoms with Gasteiger partial charge in [0.15, 0.2) is 0 Å². The molecule has 1 aliphatic carbocycles. The minimum absolute atomic E-state index is 0.0740. The van der Waals surface area contributed by atoms with Gasteiger partial charge < -0.3 is 10.4 Å². The van der Waals surface area contributed by atoms with Crippen molar-refractivity contribution in [2.45, 2.75) is 19.3 Å². The molecule has 0 spiro atoms. The average Bonchev–Trinajstić information content (AvgIpc) is 3.25. The number of fused-ring (bicyclic) bond motifs is 1. The van der Waals surface area contributed by atoms with E-state index >= 15 is 0 Å². The molecule has 0 saturated heterocycles. The Bertz CT molecular complexity index is 683. The van der Waals surface area contributed by atoms with E-state index in [1.54, 1.807) is 6.07 Å². The molecule has 0 amide bonds. The largest absolute Gasteiger partial charge is 0.396 e. The van der Waals surface area contributed by atoms with E-state index in [9.17, 15) is 10.1 Å². The molecular formula is C15H17N3O3. The number of aliphatic hydroxyl groups excluding tert-OH is 1. The average molecular weight is 287 g/mol. The minimum Gasteiger partial charge on any atom is -0.396 e. The molecule has 0 bridgehead atoms. The number of nitrogens with one attached hydrogen (secondary N) is 1. The first kappa shape index (κ1) is 13.8. The Morgan fingerprint density at radius 3 is 2.81 bits per heavy atom. The summed E-state index contributed by atoms with van der Waals surface area (Å²) < 4.78 is 0. The lowest BCUT2D eigenvalue weighted by molar-refractivity contribution is -0.384. The first-order valence-electron chi connectivity index (χ1n) is 7.02. The van der Waals surface area contributed by atoms with Gasteiger partial charge >= 0.3 is 0 Å². The number of aliphatic hydroxyl groups is 1. The maximum atomic E-state index is 10.7. The highest BCUT2D eigenvalue weighted by molar-refractivity contribution is 5.82. The van der Waals surface area contributed by atoms with Crippen LogP contribution in [0.3, 0.4) is 0 Å². The summed E-state index contributed by atoms with van der Waals surface area (Å²) in [7, 11) is 0. The second kappa shape index (κ2) is 5.29. The van der Waals surface area contributed by atoms with Gasteiger partial charge in [-0.05, 0) is 42.9 Å². The SMILES string of the molecule is O=[N+]([O-])c1ccc2nc(NCC3(CCO)CC3)ccc2c1. The summed E-state index contributed by atoms with van der Waals surface area (Å²) in [5.41, 5.74) is 1.03. The van der Waals surface area contributed by atoms with Gasteiger partial charge in [-0.1, -0.05) is 0 Å². The maximum Gasteiger partial charge on any atom is 0.270 e. The van der Waals surface area contributed by atoms with Crippen LogP contribution in [0.1, 0.15) is 19.3 Å². The topological polar surface area (TPSA) is 88.3 Å². The number of nitro benzene ring substituents is 1. The summed E-state index contributed by atoms with van der Waals surface area (Å²) in [5, 5.41) is 23.9. The molecule has 110 valence electrons. The molecule has 0 atom stereocenters. The van der Waals surface area contributed by atoms with Crippen LogP contribution in [0.5, 0.6) is 0 Å². The van der Waals surface area contributed by atoms with Crippen molar-refractivity contribution in [2.75, 3.05) is 18.5 Å². The first-order chi connectivity index (χ1) is 10.1. The van der Waals surface area contributed by atoms with Crippen molar-refractivity contribution in [3.8, 4) is 0 Å². The van der Waals surface area contributed by atoms with Crippen molar-refractivity contribution < 1.29 is 10.0 Å². The van der Waals surface area contributed by atoms with Crippen LogP contribution in [-0.4, -0.2) is 28.2 Å². The quantitative estimate of drug-likeness (QED) is 0.630. The highest BCUT2D eigenvalue weighted by Crippen LogP contribution is 2.48. The Labute approximate surface area is 122 Å². The normalized spacial score (nSPS) is 15.9. The van der Waals surface area contributed by atoms with Gasteiger partial charge in [0.1, 0.15) is 5.82 Å². The number of nitrogens with zero attached hydrogens (tertiary/aromatic N) is 2. The fourth-order valence-corrected chi connectivity index (χ4v) is 2.53. The van der Waals surface area contributed by atoms with Crippen LogP contribution < -0.4 is 5.32 Å². The Balaban J connectivity index is 1.75. The zero-order valence-corrected chi connectivity index (χ0v) is 11.6. The van der Waals surface area contributed by atoms with E-state index in [0.29, 0.717) is 0 Å². The summed E-state index contributed by atoms with van der Waals surface area (Å²) in [6.07, 6.45) is 3.10. The molecule has 1 aromatic carbocycles. The van der Waals surface area contributed by atoms with E-state index < -0.39 is 4.92 Å². The summed E-state index contributed by atoms with van der Waals surface area (Å²) in [4.78, 5) is 14.8. The Morgan fingerprint density at radius 1 is 1.33 bits per heavy atom. The number of benzene rings is 1. The molecule has 0 unspecified atom stereocenters. The van der Waals surface area contributed by atoms with E-state index in [2.05, 4.69) is 10.3 Å². The summed E-state index contributed by atoms with van der Waals surface area (Å²) >= 11 is 0. The molecule has 6 nitrogen and oxygen atoms in total. The van der Waals surface area contributed by atoms with Crippen molar-refractivity contribution in [3.63, 3.8) is 0 Å². The molecule has 2 N–H and O–H groups in total. The van der Waals surface area contributed by atoms with E-state index in [4.69, 9.17) is 5.11 Å². The molecule has 0 radical (unpaired) electrons. The first-order valence-corrected chi connectivity index (χ1v) is 7.02. The van der Waals surface area contributed by atoms with Crippen LogP contribution in [0.2, 0.25) is 0 Å². The lowest BCUT2D eigenvalue weighted by Gasteiger charge is -2.15. The molecule has 6 heteroatoms. The van der Waals surface area contributed by atoms with Gasteiger partial charge in [0, 0.05) is 30.7 Å². The Morgan fingerprint density at radius 2 is 2.14 bits per heavy atom. The molecule has 2 aromatic rings. The third-order valence-electron chi connectivity index (χ3n) is 4.13. The zero-order chi connectivity index (χ0) is 14.9. The summed E-state index contributed by atoms with van der Waals surface area (Å²) in [5.74, 6) is 0.764. The van der Waals surface area contributed by atoms with E-state index in [0.717, 1.165) is 42.5 Å². The van der Waals surface area contributed by atoms with Gasteiger partial charge in [-0.2, -0.15) is 0 Å². The van der Waals surface area contributed by atoms with Crippen molar-refractivity contribution in [2.24, 2.45) is 5.41 Å². The zero-order valence-electron chi connectivity index (χ0n) is 11.6. The highest BCUT2D eigenvalue weighted by atomic mass is 16.6.